The van der Waals surface area contributed by atoms with Gasteiger partial charge in [-0.05, 0) is 37.0 Å². The SMILES string of the molecule is Cc1ccc(C[C@H](NC(=O)[C@H](CC(=O)O)NC(=O)[C@H](CCS(C)=O)NC(=O)[C@H](N)Cc2c[nH]c3ccccc23)C(N)=O)cc1. The van der Waals surface area contributed by atoms with Gasteiger partial charge in [-0.15, -0.1) is 0 Å². The van der Waals surface area contributed by atoms with E-state index in [2.05, 4.69) is 20.9 Å². The molecular weight excluding hydrogens is 588 g/mol. The Labute approximate surface area is 257 Å². The molecule has 0 saturated heterocycles. The number of hydrogen-bond donors (Lipinski definition) is 7. The molecule has 3 rings (SSSR count). The van der Waals surface area contributed by atoms with Gasteiger partial charge >= 0.3 is 5.97 Å². The molecular formula is C30H38N6O7S. The number of rotatable bonds is 16. The molecule has 1 unspecified atom stereocenters. The number of fused-ring (bicyclic) bond motifs is 1. The molecule has 3 aromatic rings. The van der Waals surface area contributed by atoms with Gasteiger partial charge in [0.05, 0.1) is 12.5 Å². The lowest BCUT2D eigenvalue weighted by atomic mass is 10.0. The van der Waals surface area contributed by atoms with Crippen molar-refractivity contribution in [1.29, 1.82) is 0 Å². The number of aromatic amines is 1. The Kier molecular flexibility index (Phi) is 12.2. The number of amides is 4. The van der Waals surface area contributed by atoms with E-state index in [1.807, 2.05) is 43.3 Å². The van der Waals surface area contributed by atoms with E-state index in [1.165, 1.54) is 6.26 Å². The van der Waals surface area contributed by atoms with Gasteiger partial charge in [0.2, 0.25) is 23.6 Å². The van der Waals surface area contributed by atoms with Crippen molar-refractivity contribution in [3.05, 3.63) is 71.4 Å². The van der Waals surface area contributed by atoms with Crippen LogP contribution < -0.4 is 27.4 Å². The highest BCUT2D eigenvalue weighted by molar-refractivity contribution is 7.84. The number of primary amides is 1. The van der Waals surface area contributed by atoms with Gasteiger partial charge in [-0.2, -0.15) is 0 Å². The maximum Gasteiger partial charge on any atom is 0.305 e. The van der Waals surface area contributed by atoms with Crippen molar-refractivity contribution in [2.24, 2.45) is 11.5 Å². The number of aromatic nitrogens is 1. The largest absolute Gasteiger partial charge is 0.481 e. The van der Waals surface area contributed by atoms with Crippen LogP contribution in [0.3, 0.4) is 0 Å². The number of H-pyrrole nitrogens is 1. The molecule has 2 aromatic carbocycles. The highest BCUT2D eigenvalue weighted by Gasteiger charge is 2.31. The third-order valence-corrected chi connectivity index (χ3v) is 7.82. The van der Waals surface area contributed by atoms with Gasteiger partial charge in [-0.1, -0.05) is 48.0 Å². The van der Waals surface area contributed by atoms with Crippen LogP contribution in [0.2, 0.25) is 0 Å². The molecule has 5 atom stereocenters. The first-order valence-electron chi connectivity index (χ1n) is 13.9. The van der Waals surface area contributed by atoms with Gasteiger partial charge < -0.3 is 37.5 Å². The zero-order valence-electron chi connectivity index (χ0n) is 24.5. The van der Waals surface area contributed by atoms with E-state index in [1.54, 1.807) is 18.3 Å². The summed E-state index contributed by atoms with van der Waals surface area (Å²) in [6.07, 6.45) is 2.49. The van der Waals surface area contributed by atoms with E-state index in [4.69, 9.17) is 11.5 Å². The minimum absolute atomic E-state index is 0.0339. The Bertz CT molecular complexity index is 1520. The van der Waals surface area contributed by atoms with Crippen LogP contribution in [0.1, 0.15) is 29.5 Å². The Morgan fingerprint density at radius 3 is 2.14 bits per heavy atom. The van der Waals surface area contributed by atoms with Gasteiger partial charge in [-0.25, -0.2) is 0 Å². The van der Waals surface area contributed by atoms with Crippen molar-refractivity contribution in [1.82, 2.24) is 20.9 Å². The number of hydrogen-bond acceptors (Lipinski definition) is 7. The average molecular weight is 627 g/mol. The second-order valence-corrected chi connectivity index (χ2v) is 12.2. The Morgan fingerprint density at radius 2 is 1.50 bits per heavy atom. The van der Waals surface area contributed by atoms with Crippen LogP contribution >= 0.6 is 0 Å². The zero-order valence-corrected chi connectivity index (χ0v) is 25.3. The molecule has 14 heteroatoms. The first-order chi connectivity index (χ1) is 20.8. The molecule has 44 heavy (non-hydrogen) atoms. The minimum Gasteiger partial charge on any atom is -0.481 e. The van der Waals surface area contributed by atoms with Crippen LogP contribution in [-0.2, 0) is 47.6 Å². The van der Waals surface area contributed by atoms with Crippen LogP contribution in [0.15, 0.2) is 54.7 Å². The van der Waals surface area contributed by atoms with Crippen LogP contribution in [0.4, 0.5) is 0 Å². The highest BCUT2D eigenvalue weighted by atomic mass is 32.2. The summed E-state index contributed by atoms with van der Waals surface area (Å²) in [5.41, 5.74) is 15.0. The minimum atomic E-state index is -1.61. The zero-order chi connectivity index (χ0) is 32.4. The van der Waals surface area contributed by atoms with Crippen molar-refractivity contribution in [2.75, 3.05) is 12.0 Å². The molecule has 0 aliphatic heterocycles. The number of aliphatic carboxylic acids is 1. The number of para-hydroxylation sites is 1. The lowest BCUT2D eigenvalue weighted by molar-refractivity contribution is -0.141. The average Bonchev–Trinajstić information content (AvgIpc) is 3.37. The van der Waals surface area contributed by atoms with Crippen LogP contribution in [0, 0.1) is 6.92 Å². The summed E-state index contributed by atoms with van der Waals surface area (Å²) in [5.74, 6) is -4.69. The molecule has 0 bridgehead atoms. The molecule has 13 nitrogen and oxygen atoms in total. The molecule has 0 aliphatic rings. The molecule has 0 radical (unpaired) electrons. The van der Waals surface area contributed by atoms with E-state index in [0.29, 0.717) is 5.56 Å². The van der Waals surface area contributed by atoms with Crippen molar-refractivity contribution in [3.8, 4) is 0 Å². The van der Waals surface area contributed by atoms with Gasteiger partial charge in [0, 0.05) is 46.3 Å². The molecule has 236 valence electrons. The van der Waals surface area contributed by atoms with Crippen LogP contribution in [0.5, 0.6) is 0 Å². The summed E-state index contributed by atoms with van der Waals surface area (Å²) in [4.78, 5) is 66.3. The number of carboxylic acid groups (broad SMARTS) is 1. The Hall–Kier alpha value is -4.56. The summed E-state index contributed by atoms with van der Waals surface area (Å²) < 4.78 is 11.8. The molecule has 0 spiro atoms. The number of carbonyl (C=O) groups excluding carboxylic acids is 4. The first kappa shape index (κ1) is 33.9. The third-order valence-electron chi connectivity index (χ3n) is 7.01. The van der Waals surface area contributed by atoms with Gasteiger partial charge in [0.15, 0.2) is 0 Å². The fourth-order valence-electron chi connectivity index (χ4n) is 4.57. The lowest BCUT2D eigenvalue weighted by Crippen LogP contribution is -2.58. The van der Waals surface area contributed by atoms with Crippen molar-refractivity contribution in [3.63, 3.8) is 0 Å². The van der Waals surface area contributed by atoms with Crippen LogP contribution in [0.25, 0.3) is 10.9 Å². The quantitative estimate of drug-likeness (QED) is 0.112. The maximum atomic E-state index is 13.3. The normalized spacial score (nSPS) is 14.5. The molecule has 1 aromatic heterocycles. The molecule has 0 aliphatic carbocycles. The van der Waals surface area contributed by atoms with E-state index in [-0.39, 0.29) is 25.0 Å². The van der Waals surface area contributed by atoms with Crippen LogP contribution in [-0.4, -0.2) is 80.1 Å². The number of benzene rings is 2. The molecule has 9 N–H and O–H groups in total. The monoisotopic (exact) mass is 626 g/mol. The van der Waals surface area contributed by atoms with Gasteiger partial charge in [0.25, 0.3) is 0 Å². The second kappa shape index (κ2) is 15.8. The summed E-state index contributed by atoms with van der Waals surface area (Å²) in [7, 11) is -1.33. The Balaban J connectivity index is 1.72. The van der Waals surface area contributed by atoms with Gasteiger partial charge in [0.1, 0.15) is 18.1 Å². The second-order valence-electron chi connectivity index (χ2n) is 10.6. The van der Waals surface area contributed by atoms with Gasteiger partial charge in [-0.3, -0.25) is 28.2 Å². The number of nitrogens with two attached hydrogens (primary N) is 2. The fraction of sp³-hybridized carbons (Fsp3) is 0.367. The van der Waals surface area contributed by atoms with Crippen molar-refractivity contribution >= 4 is 51.3 Å². The highest BCUT2D eigenvalue weighted by Crippen LogP contribution is 2.19. The predicted molar refractivity (Wildman–Crippen MR) is 166 cm³/mol. The smallest absolute Gasteiger partial charge is 0.305 e. The lowest BCUT2D eigenvalue weighted by Gasteiger charge is -2.25. The first-order valence-corrected chi connectivity index (χ1v) is 15.6. The molecule has 0 saturated carbocycles. The summed E-state index contributed by atoms with van der Waals surface area (Å²) >= 11 is 0. The van der Waals surface area contributed by atoms with Crippen molar-refractivity contribution in [2.45, 2.75) is 56.8 Å². The van der Waals surface area contributed by atoms with E-state index >= 15 is 0 Å². The standard InChI is InChI=1S/C30H38N6O7S/c1-17-7-9-18(10-8-17)13-24(27(32)39)35-30(42)25(15-26(37)38)36-29(41)23(11-12-44(2)43)34-28(40)21(31)14-19-16-33-22-6-4-3-5-20(19)22/h3-10,16,21,23-25,33H,11-15,31H2,1-2H3,(H2,32,39)(H,34,40)(H,35,42)(H,36,41)(H,37,38)/t21-,23+,24+,25+,44?/m1/s1. The molecule has 0 fully saturated rings. The number of aryl methyl sites for hydroxylation is 1. The maximum absolute atomic E-state index is 13.3. The number of nitrogens with one attached hydrogen (secondary N) is 4. The Morgan fingerprint density at radius 1 is 0.886 bits per heavy atom. The van der Waals surface area contributed by atoms with E-state index in [0.717, 1.165) is 22.0 Å². The summed E-state index contributed by atoms with van der Waals surface area (Å²) in [6.45, 7) is 1.89. The topological polar surface area (TPSA) is 227 Å². The van der Waals surface area contributed by atoms with E-state index in [9.17, 15) is 33.3 Å². The number of carboxylic acids is 1. The van der Waals surface area contributed by atoms with Crippen molar-refractivity contribution < 1.29 is 33.3 Å². The fourth-order valence-corrected chi connectivity index (χ4v) is 5.14. The van der Waals surface area contributed by atoms with E-state index < -0.39 is 71.0 Å². The summed E-state index contributed by atoms with van der Waals surface area (Å²) in [5, 5.41) is 17.7. The summed E-state index contributed by atoms with van der Waals surface area (Å²) in [6, 6.07) is 9.57. The predicted octanol–water partition coefficient (Wildman–Crippen LogP) is -0.228. The number of carbonyl (C=O) groups is 5. The third kappa shape index (κ3) is 10.0. The molecule has 4 amide bonds. The molecule has 1 heterocycles.